The van der Waals surface area contributed by atoms with Crippen molar-refractivity contribution < 1.29 is 19.4 Å². The molecular formula is C27H28N2O4S. The van der Waals surface area contributed by atoms with Gasteiger partial charge in [0, 0.05) is 25.0 Å². The first-order valence-electron chi connectivity index (χ1n) is 11.2. The number of aryl methyl sites for hydroxylation is 1. The van der Waals surface area contributed by atoms with Gasteiger partial charge in [0.2, 0.25) is 0 Å². The van der Waals surface area contributed by atoms with Crippen LogP contribution in [0, 0.1) is 0 Å². The molecule has 0 saturated heterocycles. The lowest BCUT2D eigenvalue weighted by Gasteiger charge is -2.22. The van der Waals surface area contributed by atoms with Crippen LogP contribution in [0.4, 0.5) is 0 Å². The lowest BCUT2D eigenvalue weighted by molar-refractivity contribution is -0.112. The van der Waals surface area contributed by atoms with Crippen molar-refractivity contribution in [3.63, 3.8) is 0 Å². The van der Waals surface area contributed by atoms with Gasteiger partial charge in [-0.3, -0.25) is 4.79 Å². The lowest BCUT2D eigenvalue weighted by Crippen LogP contribution is -2.28. The topological polar surface area (TPSA) is 73.6 Å². The molecule has 7 heteroatoms. The summed E-state index contributed by atoms with van der Waals surface area (Å²) in [5, 5.41) is 12.3. The van der Waals surface area contributed by atoms with E-state index in [1.807, 2.05) is 72.4 Å². The van der Waals surface area contributed by atoms with Crippen molar-refractivity contribution in [2.75, 3.05) is 13.7 Å². The number of para-hydroxylation sites is 1. The Labute approximate surface area is 203 Å². The number of carbonyl (C=O) groups is 1. The van der Waals surface area contributed by atoms with E-state index in [1.165, 1.54) is 11.8 Å². The Kier molecular flexibility index (Phi) is 7.55. The van der Waals surface area contributed by atoms with E-state index in [9.17, 15) is 9.90 Å². The normalized spacial score (nSPS) is 18.9. The van der Waals surface area contributed by atoms with Crippen molar-refractivity contribution in [3.8, 4) is 11.5 Å². The van der Waals surface area contributed by atoms with Crippen LogP contribution in [0.25, 0.3) is 6.08 Å². The van der Waals surface area contributed by atoms with Crippen LogP contribution in [0.3, 0.4) is 0 Å². The van der Waals surface area contributed by atoms with Gasteiger partial charge in [0.15, 0.2) is 10.9 Å². The van der Waals surface area contributed by atoms with Crippen molar-refractivity contribution in [1.82, 2.24) is 9.55 Å². The van der Waals surface area contributed by atoms with Crippen LogP contribution in [-0.4, -0.2) is 39.8 Å². The van der Waals surface area contributed by atoms with Gasteiger partial charge in [-0.15, -0.1) is 0 Å². The molecule has 1 atom stereocenters. The number of ether oxygens (including phenoxy) is 2. The minimum atomic E-state index is -1.35. The maximum Gasteiger partial charge on any atom is 0.198 e. The largest absolute Gasteiger partial charge is 0.497 e. The smallest absolute Gasteiger partial charge is 0.198 e. The van der Waals surface area contributed by atoms with Crippen molar-refractivity contribution >= 4 is 23.6 Å². The van der Waals surface area contributed by atoms with Gasteiger partial charge in [-0.25, -0.2) is 4.98 Å². The second-order valence-electron chi connectivity index (χ2n) is 8.13. The van der Waals surface area contributed by atoms with E-state index in [0.717, 1.165) is 23.5 Å². The van der Waals surface area contributed by atoms with Gasteiger partial charge in [-0.05, 0) is 73.0 Å². The fraction of sp³-hybridized carbons (Fsp3) is 0.259. The van der Waals surface area contributed by atoms with Crippen LogP contribution < -0.4 is 9.47 Å². The molecule has 1 N–H and O–H groups in total. The predicted molar refractivity (Wildman–Crippen MR) is 134 cm³/mol. The number of hydrogen-bond acceptors (Lipinski definition) is 6. The molecule has 4 rings (SSSR count). The molecule has 1 unspecified atom stereocenters. The number of ketones is 1. The van der Waals surface area contributed by atoms with E-state index in [0.29, 0.717) is 35.1 Å². The highest BCUT2D eigenvalue weighted by Crippen LogP contribution is 2.42. The SMILES string of the molecule is COc1ccc(/C=C2/C(=O)C(Sc3nccn3C)=CC2(O)CCCCOc2ccccc2)cc1. The Morgan fingerprint density at radius 3 is 2.53 bits per heavy atom. The Bertz CT molecular complexity index is 1180. The molecule has 0 amide bonds. The molecule has 0 spiro atoms. The molecule has 0 fully saturated rings. The summed E-state index contributed by atoms with van der Waals surface area (Å²) in [6, 6.07) is 17.1. The minimum absolute atomic E-state index is 0.174. The standard InChI is InChI=1S/C27H28N2O4S/c1-29-16-15-28-26(29)34-24-19-27(31,14-6-7-17-33-22-8-4-3-5-9-22)23(25(24)30)18-20-10-12-21(32-2)13-11-20/h3-5,8-13,15-16,18-19,31H,6-7,14,17H2,1-2H3/b23-18-. The highest BCUT2D eigenvalue weighted by molar-refractivity contribution is 8.03. The second-order valence-corrected chi connectivity index (χ2v) is 9.14. The monoisotopic (exact) mass is 476 g/mol. The maximum atomic E-state index is 13.4. The van der Waals surface area contributed by atoms with Crippen LogP contribution in [0.1, 0.15) is 24.8 Å². The first-order chi connectivity index (χ1) is 16.5. The number of unbranched alkanes of at least 4 members (excludes halogenated alkanes) is 1. The number of aromatic nitrogens is 2. The number of methoxy groups -OCH3 is 1. The highest BCUT2D eigenvalue weighted by Gasteiger charge is 2.42. The molecular weight excluding hydrogens is 448 g/mol. The summed E-state index contributed by atoms with van der Waals surface area (Å²) in [6.45, 7) is 0.546. The summed E-state index contributed by atoms with van der Waals surface area (Å²) < 4.78 is 12.8. The van der Waals surface area contributed by atoms with Crippen molar-refractivity contribution in [3.05, 3.63) is 89.1 Å². The summed E-state index contributed by atoms with van der Waals surface area (Å²) in [4.78, 5) is 18.1. The molecule has 0 aliphatic heterocycles. The third-order valence-corrected chi connectivity index (χ3v) is 6.77. The van der Waals surface area contributed by atoms with E-state index in [1.54, 1.807) is 25.5 Å². The highest BCUT2D eigenvalue weighted by atomic mass is 32.2. The predicted octanol–water partition coefficient (Wildman–Crippen LogP) is 5.05. The number of Topliss-reactive ketones (excluding diaryl/α,β-unsaturated/α-hetero) is 1. The van der Waals surface area contributed by atoms with Crippen molar-refractivity contribution in [2.45, 2.75) is 30.0 Å². The number of rotatable bonds is 10. The van der Waals surface area contributed by atoms with Crippen molar-refractivity contribution in [1.29, 1.82) is 0 Å². The molecule has 0 radical (unpaired) electrons. The molecule has 34 heavy (non-hydrogen) atoms. The van der Waals surface area contributed by atoms with E-state index in [4.69, 9.17) is 9.47 Å². The lowest BCUT2D eigenvalue weighted by atomic mass is 9.89. The van der Waals surface area contributed by atoms with Gasteiger partial charge in [-0.1, -0.05) is 30.3 Å². The van der Waals surface area contributed by atoms with Crippen LogP contribution in [-0.2, 0) is 11.8 Å². The third kappa shape index (κ3) is 5.61. The molecule has 1 aromatic heterocycles. The van der Waals surface area contributed by atoms with Crippen LogP contribution in [0.15, 0.2) is 88.7 Å². The summed E-state index contributed by atoms with van der Waals surface area (Å²) in [7, 11) is 3.49. The molecule has 1 aliphatic carbocycles. The number of nitrogens with zero attached hydrogens (tertiary/aromatic N) is 2. The van der Waals surface area contributed by atoms with Crippen LogP contribution >= 0.6 is 11.8 Å². The van der Waals surface area contributed by atoms with E-state index in [2.05, 4.69) is 4.98 Å². The number of imidazole rings is 1. The summed E-state index contributed by atoms with van der Waals surface area (Å²) in [5.74, 6) is 1.38. The third-order valence-electron chi connectivity index (χ3n) is 5.67. The molecule has 3 aromatic rings. The zero-order chi connectivity index (χ0) is 24.0. The van der Waals surface area contributed by atoms with Crippen molar-refractivity contribution in [2.24, 2.45) is 7.05 Å². The fourth-order valence-corrected chi connectivity index (χ4v) is 4.75. The zero-order valence-corrected chi connectivity index (χ0v) is 20.1. The molecule has 6 nitrogen and oxygen atoms in total. The quantitative estimate of drug-likeness (QED) is 0.326. The second kappa shape index (κ2) is 10.8. The number of allylic oxidation sites excluding steroid dienone is 1. The fourth-order valence-electron chi connectivity index (χ4n) is 3.78. The average Bonchev–Trinajstić information content (AvgIpc) is 3.36. The van der Waals surface area contributed by atoms with E-state index in [-0.39, 0.29) is 5.78 Å². The molecule has 1 heterocycles. The van der Waals surface area contributed by atoms with Crippen LogP contribution in [0.2, 0.25) is 0 Å². The van der Waals surface area contributed by atoms with Gasteiger partial charge in [0.05, 0.1) is 18.6 Å². The molecule has 0 saturated carbocycles. The summed E-state index contributed by atoms with van der Waals surface area (Å²) in [5.41, 5.74) is -0.151. The van der Waals surface area contributed by atoms with Gasteiger partial charge < -0.3 is 19.1 Å². The van der Waals surface area contributed by atoms with Gasteiger partial charge in [0.25, 0.3) is 0 Å². The molecule has 2 aromatic carbocycles. The van der Waals surface area contributed by atoms with E-state index < -0.39 is 5.60 Å². The van der Waals surface area contributed by atoms with E-state index >= 15 is 0 Å². The Hall–Kier alpha value is -3.29. The Morgan fingerprint density at radius 2 is 1.85 bits per heavy atom. The maximum absolute atomic E-state index is 13.4. The Morgan fingerprint density at radius 1 is 1.09 bits per heavy atom. The molecule has 0 bridgehead atoms. The molecule has 176 valence electrons. The number of carbonyl (C=O) groups excluding carboxylic acids is 1. The molecule has 1 aliphatic rings. The van der Waals surface area contributed by atoms with Gasteiger partial charge in [0.1, 0.15) is 17.1 Å². The average molecular weight is 477 g/mol. The number of hydrogen-bond donors (Lipinski definition) is 1. The minimum Gasteiger partial charge on any atom is -0.497 e. The summed E-state index contributed by atoms with van der Waals surface area (Å²) in [6.07, 6.45) is 8.85. The first kappa shape index (κ1) is 23.9. The van der Waals surface area contributed by atoms with Crippen LogP contribution in [0.5, 0.6) is 11.5 Å². The summed E-state index contributed by atoms with van der Waals surface area (Å²) >= 11 is 1.27. The number of thioether (sulfide) groups is 1. The van der Waals surface area contributed by atoms with Gasteiger partial charge in [-0.2, -0.15) is 0 Å². The number of aliphatic hydroxyl groups is 1. The first-order valence-corrected chi connectivity index (χ1v) is 12.0. The van der Waals surface area contributed by atoms with Gasteiger partial charge >= 0.3 is 0 Å². The number of benzene rings is 2. The zero-order valence-electron chi connectivity index (χ0n) is 19.3. The Balaban J connectivity index is 1.50.